The van der Waals surface area contributed by atoms with Crippen molar-refractivity contribution in [1.82, 2.24) is 9.80 Å². The molecule has 0 aromatic carbocycles. The molecule has 22 heavy (non-hydrogen) atoms. The minimum absolute atomic E-state index is 0.308. The van der Waals surface area contributed by atoms with E-state index in [1.54, 1.807) is 13.8 Å². The Bertz CT molecular complexity index is 463. The highest BCUT2D eigenvalue weighted by Crippen LogP contribution is 2.35. The van der Waals surface area contributed by atoms with Gasteiger partial charge in [-0.05, 0) is 46.9 Å². The average molecular weight is 320 g/mol. The van der Waals surface area contributed by atoms with Crippen molar-refractivity contribution >= 4 is 0 Å². The molecule has 1 fully saturated rings. The van der Waals surface area contributed by atoms with E-state index >= 15 is 0 Å². The molecule has 2 nitrogen and oxygen atoms in total. The number of nitrogens with zero attached hydrogens (tertiary/aromatic N) is 2. The molecule has 126 valence electrons. The minimum Gasteiger partial charge on any atom is -0.369 e. The van der Waals surface area contributed by atoms with Crippen molar-refractivity contribution < 1.29 is 17.6 Å². The van der Waals surface area contributed by atoms with E-state index < -0.39 is 23.3 Å². The Kier molecular flexibility index (Phi) is 6.23. The van der Waals surface area contributed by atoms with Crippen LogP contribution < -0.4 is 0 Å². The summed E-state index contributed by atoms with van der Waals surface area (Å²) in [5.74, 6) is -0.870. The molecule has 0 spiro atoms. The summed E-state index contributed by atoms with van der Waals surface area (Å²) in [5.41, 5.74) is -0.940. The van der Waals surface area contributed by atoms with Crippen molar-refractivity contribution in [3.63, 3.8) is 0 Å². The van der Waals surface area contributed by atoms with Crippen molar-refractivity contribution in [3.8, 4) is 0 Å². The van der Waals surface area contributed by atoms with Crippen LogP contribution in [0.5, 0.6) is 0 Å². The van der Waals surface area contributed by atoms with Crippen molar-refractivity contribution in [2.24, 2.45) is 0 Å². The fourth-order valence-electron chi connectivity index (χ4n) is 2.55. The van der Waals surface area contributed by atoms with Crippen LogP contribution in [0.1, 0.15) is 26.7 Å². The predicted octanol–water partition coefficient (Wildman–Crippen LogP) is 4.28. The Hall–Kier alpha value is -1.30. The molecule has 1 heterocycles. The van der Waals surface area contributed by atoms with Crippen LogP contribution in [0.3, 0.4) is 0 Å². The molecule has 0 unspecified atom stereocenters. The van der Waals surface area contributed by atoms with Gasteiger partial charge >= 0.3 is 6.18 Å². The van der Waals surface area contributed by atoms with Crippen LogP contribution in [-0.4, -0.2) is 49.2 Å². The summed E-state index contributed by atoms with van der Waals surface area (Å²) < 4.78 is 53.3. The van der Waals surface area contributed by atoms with Crippen LogP contribution in [0.2, 0.25) is 0 Å². The largest absolute Gasteiger partial charge is 0.417 e. The van der Waals surface area contributed by atoms with Crippen LogP contribution in [0.15, 0.2) is 35.3 Å². The first-order valence-corrected chi connectivity index (χ1v) is 7.26. The lowest BCUT2D eigenvalue weighted by Crippen LogP contribution is -2.42. The standard InChI is InChI=1S/C16H24F4N2/c1-11(2)10-14(17)15(12(3)16(18,19)20)22-8-6-13(7-9-22)21(4)5/h10,13H,3,6-9H2,1-2,4-5H3/b15-14-. The summed E-state index contributed by atoms with van der Waals surface area (Å²) in [7, 11) is 3.88. The Morgan fingerprint density at radius 1 is 1.18 bits per heavy atom. The van der Waals surface area contributed by atoms with E-state index in [0.29, 0.717) is 37.5 Å². The Morgan fingerprint density at radius 3 is 2.05 bits per heavy atom. The summed E-state index contributed by atoms with van der Waals surface area (Å²) in [4.78, 5) is 3.51. The molecule has 1 rings (SSSR count). The third kappa shape index (κ3) is 4.87. The van der Waals surface area contributed by atoms with E-state index in [1.807, 2.05) is 19.0 Å². The van der Waals surface area contributed by atoms with Gasteiger partial charge in [-0.2, -0.15) is 13.2 Å². The van der Waals surface area contributed by atoms with Gasteiger partial charge in [-0.3, -0.25) is 0 Å². The summed E-state index contributed by atoms with van der Waals surface area (Å²) in [5, 5.41) is 0. The second-order valence-corrected chi connectivity index (χ2v) is 6.08. The van der Waals surface area contributed by atoms with Gasteiger partial charge in [0.15, 0.2) is 0 Å². The number of hydrogen-bond donors (Lipinski definition) is 0. The molecule has 0 aromatic rings. The highest BCUT2D eigenvalue weighted by molar-refractivity contribution is 5.38. The number of likely N-dealkylation sites (tertiary alicyclic amines) is 1. The lowest BCUT2D eigenvalue weighted by molar-refractivity contribution is -0.0916. The van der Waals surface area contributed by atoms with Crippen LogP contribution in [0.25, 0.3) is 0 Å². The second kappa shape index (κ2) is 7.31. The van der Waals surface area contributed by atoms with Gasteiger partial charge < -0.3 is 9.80 Å². The van der Waals surface area contributed by atoms with E-state index in [0.717, 1.165) is 6.08 Å². The van der Waals surface area contributed by atoms with Crippen LogP contribution >= 0.6 is 0 Å². The summed E-state index contributed by atoms with van der Waals surface area (Å²) in [6.07, 6.45) is -2.11. The number of piperidine rings is 1. The molecular formula is C16H24F4N2. The Balaban J connectivity index is 3.09. The van der Waals surface area contributed by atoms with Crippen molar-refractivity contribution in [2.75, 3.05) is 27.2 Å². The number of allylic oxidation sites excluding steroid dienone is 4. The number of rotatable bonds is 4. The molecule has 0 saturated carbocycles. The fraction of sp³-hybridized carbons (Fsp3) is 0.625. The Labute approximate surface area is 129 Å². The lowest BCUT2D eigenvalue weighted by atomic mass is 10.0. The molecule has 6 heteroatoms. The monoisotopic (exact) mass is 320 g/mol. The summed E-state index contributed by atoms with van der Waals surface area (Å²) >= 11 is 0. The van der Waals surface area contributed by atoms with E-state index in [1.165, 1.54) is 4.90 Å². The quantitative estimate of drug-likeness (QED) is 0.563. The van der Waals surface area contributed by atoms with Gasteiger partial charge in [0.2, 0.25) is 0 Å². The molecular weight excluding hydrogens is 296 g/mol. The Morgan fingerprint density at radius 2 is 1.68 bits per heavy atom. The normalized spacial score (nSPS) is 18.3. The first-order valence-electron chi connectivity index (χ1n) is 7.26. The fourth-order valence-corrected chi connectivity index (χ4v) is 2.55. The minimum atomic E-state index is -4.64. The number of halogens is 4. The smallest absolute Gasteiger partial charge is 0.369 e. The first kappa shape index (κ1) is 18.7. The highest BCUT2D eigenvalue weighted by atomic mass is 19.4. The maximum absolute atomic E-state index is 14.3. The van der Waals surface area contributed by atoms with E-state index in [4.69, 9.17) is 0 Å². The molecule has 1 aliphatic rings. The van der Waals surface area contributed by atoms with Gasteiger partial charge in [-0.1, -0.05) is 12.2 Å². The maximum Gasteiger partial charge on any atom is 0.417 e. The number of alkyl halides is 3. The van der Waals surface area contributed by atoms with Gasteiger partial charge in [0, 0.05) is 19.1 Å². The van der Waals surface area contributed by atoms with Crippen molar-refractivity contribution in [1.29, 1.82) is 0 Å². The van der Waals surface area contributed by atoms with E-state index in [-0.39, 0.29) is 0 Å². The van der Waals surface area contributed by atoms with E-state index in [2.05, 4.69) is 6.58 Å². The third-order valence-corrected chi connectivity index (χ3v) is 3.78. The zero-order valence-electron chi connectivity index (χ0n) is 13.6. The molecule has 0 bridgehead atoms. The SMILES string of the molecule is C=C(/C(=C(/F)C=C(C)C)N1CCC(N(C)C)CC1)C(F)(F)F. The molecule has 1 aliphatic heterocycles. The average Bonchev–Trinajstić information content (AvgIpc) is 2.37. The lowest BCUT2D eigenvalue weighted by Gasteiger charge is -2.38. The zero-order chi connectivity index (χ0) is 17.1. The molecule has 1 saturated heterocycles. The van der Waals surface area contributed by atoms with Gasteiger partial charge in [0.05, 0.1) is 11.3 Å². The molecule has 0 N–H and O–H groups in total. The van der Waals surface area contributed by atoms with Crippen LogP contribution in [0, 0.1) is 0 Å². The predicted molar refractivity (Wildman–Crippen MR) is 81.0 cm³/mol. The van der Waals surface area contributed by atoms with Crippen molar-refractivity contribution in [3.05, 3.63) is 35.3 Å². The molecule has 0 aliphatic carbocycles. The third-order valence-electron chi connectivity index (χ3n) is 3.78. The molecule has 0 radical (unpaired) electrons. The van der Waals surface area contributed by atoms with Gasteiger partial charge in [0.25, 0.3) is 0 Å². The molecule has 0 amide bonds. The molecule has 0 aromatic heterocycles. The first-order chi connectivity index (χ1) is 10.0. The van der Waals surface area contributed by atoms with Gasteiger partial charge in [-0.25, -0.2) is 4.39 Å². The van der Waals surface area contributed by atoms with Crippen LogP contribution in [-0.2, 0) is 0 Å². The summed E-state index contributed by atoms with van der Waals surface area (Å²) in [6.45, 7) is 7.14. The highest BCUT2D eigenvalue weighted by Gasteiger charge is 2.38. The zero-order valence-corrected chi connectivity index (χ0v) is 13.6. The molecule has 0 atom stereocenters. The van der Waals surface area contributed by atoms with Gasteiger partial charge in [-0.15, -0.1) is 0 Å². The maximum atomic E-state index is 14.3. The van der Waals surface area contributed by atoms with E-state index in [9.17, 15) is 17.6 Å². The number of hydrogen-bond acceptors (Lipinski definition) is 2. The topological polar surface area (TPSA) is 6.48 Å². The van der Waals surface area contributed by atoms with Crippen molar-refractivity contribution in [2.45, 2.75) is 38.9 Å². The second-order valence-electron chi connectivity index (χ2n) is 6.08. The van der Waals surface area contributed by atoms with Gasteiger partial charge in [0.1, 0.15) is 5.83 Å². The summed E-state index contributed by atoms with van der Waals surface area (Å²) in [6, 6.07) is 0.308. The van der Waals surface area contributed by atoms with Crippen LogP contribution in [0.4, 0.5) is 17.6 Å².